The summed E-state index contributed by atoms with van der Waals surface area (Å²) in [6.07, 6.45) is 2.56. The molecule has 3 fully saturated rings. The molecular weight excluding hydrogens is 351 g/mol. The highest BCUT2D eigenvalue weighted by Crippen LogP contribution is 2.49. The molecule has 5 rings (SSSR count). The van der Waals surface area contributed by atoms with Crippen LogP contribution in [0.15, 0.2) is 18.2 Å². The Balaban J connectivity index is 1.45. The van der Waals surface area contributed by atoms with Crippen molar-refractivity contribution in [2.24, 2.45) is 17.8 Å². The van der Waals surface area contributed by atoms with Gasteiger partial charge in [0.15, 0.2) is 0 Å². The Morgan fingerprint density at radius 2 is 2.08 bits per heavy atom. The standard InChI is InChI=1S/C20H25FN2O2S/c21-14-3-4-18-15(9-14)19-17(12-25-18)16(11-23(19)10-13-1-2-13)20(24)22-5-7-26-8-6-22/h3-4,9,13,16-17,19H,1-2,5-8,10-12H2/t16-,17+,19+/m1/s1. The molecule has 1 amide bonds. The molecule has 1 aliphatic carbocycles. The van der Waals surface area contributed by atoms with E-state index in [0.717, 1.165) is 54.9 Å². The fourth-order valence-electron chi connectivity index (χ4n) is 4.79. The first kappa shape index (κ1) is 16.9. The average Bonchev–Trinajstić information content (AvgIpc) is 3.41. The van der Waals surface area contributed by atoms with Crippen LogP contribution in [0.5, 0.6) is 5.75 Å². The zero-order valence-corrected chi connectivity index (χ0v) is 15.7. The summed E-state index contributed by atoms with van der Waals surface area (Å²) >= 11 is 1.92. The molecule has 1 aromatic carbocycles. The summed E-state index contributed by atoms with van der Waals surface area (Å²) in [5.41, 5.74) is 0.936. The largest absolute Gasteiger partial charge is 0.493 e. The minimum Gasteiger partial charge on any atom is -0.493 e. The van der Waals surface area contributed by atoms with Crippen LogP contribution in [0.3, 0.4) is 0 Å². The number of carbonyl (C=O) groups is 1. The van der Waals surface area contributed by atoms with Crippen molar-refractivity contribution in [3.63, 3.8) is 0 Å². The number of carbonyl (C=O) groups excluding carboxylic acids is 1. The number of likely N-dealkylation sites (tertiary alicyclic amines) is 1. The van der Waals surface area contributed by atoms with Crippen molar-refractivity contribution < 1.29 is 13.9 Å². The molecule has 4 nitrogen and oxygen atoms in total. The fourth-order valence-corrected chi connectivity index (χ4v) is 5.70. The lowest BCUT2D eigenvalue weighted by atomic mass is 9.84. The Morgan fingerprint density at radius 3 is 2.85 bits per heavy atom. The predicted octanol–water partition coefficient (Wildman–Crippen LogP) is 2.79. The number of fused-ring (bicyclic) bond motifs is 3. The van der Waals surface area contributed by atoms with Gasteiger partial charge in [0, 0.05) is 55.2 Å². The summed E-state index contributed by atoms with van der Waals surface area (Å²) < 4.78 is 19.9. The molecule has 0 N–H and O–H groups in total. The van der Waals surface area contributed by atoms with Crippen molar-refractivity contribution in [2.75, 3.05) is 44.3 Å². The molecule has 0 aromatic heterocycles. The van der Waals surface area contributed by atoms with E-state index in [0.29, 0.717) is 6.61 Å². The lowest BCUT2D eigenvalue weighted by molar-refractivity contribution is -0.136. The molecule has 0 radical (unpaired) electrons. The minimum absolute atomic E-state index is 0.0294. The van der Waals surface area contributed by atoms with Gasteiger partial charge in [-0.15, -0.1) is 0 Å². The van der Waals surface area contributed by atoms with Crippen molar-refractivity contribution in [3.05, 3.63) is 29.6 Å². The molecule has 1 saturated carbocycles. The van der Waals surface area contributed by atoms with Gasteiger partial charge in [0.1, 0.15) is 11.6 Å². The van der Waals surface area contributed by atoms with E-state index in [9.17, 15) is 9.18 Å². The van der Waals surface area contributed by atoms with Crippen molar-refractivity contribution >= 4 is 17.7 Å². The third-order valence-corrected chi connectivity index (χ3v) is 7.24. The van der Waals surface area contributed by atoms with Crippen LogP contribution < -0.4 is 4.74 Å². The second-order valence-corrected chi connectivity index (χ2v) is 9.27. The quantitative estimate of drug-likeness (QED) is 0.812. The molecule has 3 aliphatic heterocycles. The van der Waals surface area contributed by atoms with E-state index in [4.69, 9.17) is 4.74 Å². The lowest BCUT2D eigenvalue weighted by Gasteiger charge is -2.35. The second-order valence-electron chi connectivity index (χ2n) is 8.04. The van der Waals surface area contributed by atoms with Gasteiger partial charge in [-0.05, 0) is 37.0 Å². The maximum Gasteiger partial charge on any atom is 0.227 e. The van der Waals surface area contributed by atoms with E-state index in [1.54, 1.807) is 12.1 Å². The van der Waals surface area contributed by atoms with E-state index >= 15 is 0 Å². The first-order valence-corrected chi connectivity index (χ1v) is 10.9. The highest BCUT2D eigenvalue weighted by molar-refractivity contribution is 7.99. The highest BCUT2D eigenvalue weighted by atomic mass is 32.2. The van der Waals surface area contributed by atoms with Crippen LogP contribution in [0.1, 0.15) is 24.4 Å². The molecule has 1 aromatic rings. The van der Waals surface area contributed by atoms with E-state index in [1.807, 2.05) is 16.7 Å². The van der Waals surface area contributed by atoms with Gasteiger partial charge in [0.2, 0.25) is 5.91 Å². The van der Waals surface area contributed by atoms with E-state index in [-0.39, 0.29) is 29.6 Å². The monoisotopic (exact) mass is 376 g/mol. The molecule has 2 saturated heterocycles. The molecule has 3 atom stereocenters. The van der Waals surface area contributed by atoms with Gasteiger partial charge < -0.3 is 9.64 Å². The first-order valence-electron chi connectivity index (χ1n) is 9.73. The zero-order chi connectivity index (χ0) is 17.7. The topological polar surface area (TPSA) is 32.8 Å². The number of hydrogen-bond donors (Lipinski definition) is 0. The number of halogens is 1. The highest BCUT2D eigenvalue weighted by Gasteiger charge is 2.50. The molecule has 0 bridgehead atoms. The Hall–Kier alpha value is -1.27. The van der Waals surface area contributed by atoms with Gasteiger partial charge in [-0.1, -0.05) is 0 Å². The van der Waals surface area contributed by atoms with Crippen LogP contribution in [0.2, 0.25) is 0 Å². The van der Waals surface area contributed by atoms with Crippen molar-refractivity contribution in [1.82, 2.24) is 9.80 Å². The van der Waals surface area contributed by atoms with Crippen LogP contribution in [0, 0.1) is 23.6 Å². The Labute approximate surface area is 158 Å². The van der Waals surface area contributed by atoms with E-state index in [2.05, 4.69) is 4.90 Å². The maximum absolute atomic E-state index is 13.9. The first-order chi connectivity index (χ1) is 12.7. The molecule has 0 spiro atoms. The molecule has 4 aliphatic rings. The van der Waals surface area contributed by atoms with Crippen molar-refractivity contribution in [3.8, 4) is 5.75 Å². The minimum atomic E-state index is -0.220. The Morgan fingerprint density at radius 1 is 1.27 bits per heavy atom. The number of rotatable bonds is 3. The molecule has 26 heavy (non-hydrogen) atoms. The predicted molar refractivity (Wildman–Crippen MR) is 99.8 cm³/mol. The van der Waals surface area contributed by atoms with E-state index in [1.165, 1.54) is 18.9 Å². The number of ether oxygens (including phenoxy) is 1. The Kier molecular flexibility index (Phi) is 4.36. The van der Waals surface area contributed by atoms with Gasteiger partial charge in [-0.25, -0.2) is 4.39 Å². The third kappa shape index (κ3) is 3.01. The lowest BCUT2D eigenvalue weighted by Crippen LogP contribution is -2.44. The maximum atomic E-state index is 13.9. The molecular formula is C20H25FN2O2S. The summed E-state index contributed by atoms with van der Waals surface area (Å²) in [6, 6.07) is 4.94. The summed E-state index contributed by atoms with van der Waals surface area (Å²) in [5, 5.41) is 0. The number of thioether (sulfide) groups is 1. The van der Waals surface area contributed by atoms with Gasteiger partial charge in [0.25, 0.3) is 0 Å². The number of amides is 1. The van der Waals surface area contributed by atoms with E-state index < -0.39 is 0 Å². The fraction of sp³-hybridized carbons (Fsp3) is 0.650. The van der Waals surface area contributed by atoms with Gasteiger partial charge in [0.05, 0.1) is 12.5 Å². The number of nitrogens with zero attached hydrogens (tertiary/aromatic N) is 2. The molecule has 0 unspecified atom stereocenters. The van der Waals surface area contributed by atoms with Crippen LogP contribution in [0.4, 0.5) is 4.39 Å². The SMILES string of the molecule is O=C([C@@H]1CN(CC2CC2)[C@H]2c3cc(F)ccc3OC[C@@H]12)N1CCSCC1. The molecule has 140 valence electrons. The van der Waals surface area contributed by atoms with Crippen LogP contribution in [0.25, 0.3) is 0 Å². The number of hydrogen-bond acceptors (Lipinski definition) is 4. The summed E-state index contributed by atoms with van der Waals surface area (Å²) in [5.74, 6) is 3.76. The van der Waals surface area contributed by atoms with Crippen LogP contribution in [-0.4, -0.2) is 60.0 Å². The third-order valence-electron chi connectivity index (χ3n) is 6.30. The summed E-state index contributed by atoms with van der Waals surface area (Å²) in [4.78, 5) is 17.7. The van der Waals surface area contributed by atoms with Gasteiger partial charge in [-0.3, -0.25) is 9.69 Å². The summed E-state index contributed by atoms with van der Waals surface area (Å²) in [6.45, 7) is 4.08. The molecule has 6 heteroatoms. The van der Waals surface area contributed by atoms with Crippen molar-refractivity contribution in [2.45, 2.75) is 18.9 Å². The normalized spacial score (nSPS) is 31.3. The van der Waals surface area contributed by atoms with Crippen LogP contribution in [-0.2, 0) is 4.79 Å². The van der Waals surface area contributed by atoms with Crippen LogP contribution >= 0.6 is 11.8 Å². The molecule has 3 heterocycles. The Bertz CT molecular complexity index is 705. The average molecular weight is 376 g/mol. The summed E-state index contributed by atoms with van der Waals surface area (Å²) in [7, 11) is 0. The van der Waals surface area contributed by atoms with Gasteiger partial charge >= 0.3 is 0 Å². The second kappa shape index (κ2) is 6.71. The van der Waals surface area contributed by atoms with Crippen molar-refractivity contribution in [1.29, 1.82) is 0 Å². The van der Waals surface area contributed by atoms with Gasteiger partial charge in [-0.2, -0.15) is 11.8 Å². The zero-order valence-electron chi connectivity index (χ0n) is 14.9. The number of benzene rings is 1. The smallest absolute Gasteiger partial charge is 0.227 e.